The number of carbonyl (C=O) groups is 1. The Kier molecular flexibility index (Phi) is 4.51. The number of benzene rings is 1. The van der Waals surface area contributed by atoms with Gasteiger partial charge >= 0.3 is 0 Å². The van der Waals surface area contributed by atoms with E-state index in [0.717, 1.165) is 29.7 Å². The molecule has 0 spiro atoms. The molecule has 2 nitrogen and oxygen atoms in total. The number of hydrogen-bond acceptors (Lipinski definition) is 2. The van der Waals surface area contributed by atoms with Gasteiger partial charge in [-0.15, -0.1) is 0 Å². The minimum absolute atomic E-state index is 0.165. The van der Waals surface area contributed by atoms with Crippen LogP contribution in [0.5, 0.6) is 0 Å². The lowest BCUT2D eigenvalue weighted by molar-refractivity contribution is 0.0763. The summed E-state index contributed by atoms with van der Waals surface area (Å²) in [6.45, 7) is 3.91. The highest BCUT2D eigenvalue weighted by molar-refractivity contribution is 9.08. The van der Waals surface area contributed by atoms with Crippen LogP contribution in [0.15, 0.2) is 24.3 Å². The van der Waals surface area contributed by atoms with Crippen LogP contribution in [0.3, 0.4) is 0 Å². The molecule has 1 aliphatic heterocycles. The zero-order valence-corrected chi connectivity index (χ0v) is 12.3. The predicted octanol–water partition coefficient (Wildman–Crippen LogP) is 3.16. The van der Waals surface area contributed by atoms with Crippen molar-refractivity contribution in [2.45, 2.75) is 17.5 Å². The van der Waals surface area contributed by atoms with Gasteiger partial charge in [-0.25, -0.2) is 0 Å². The first-order valence-electron chi connectivity index (χ1n) is 5.76. The Labute approximate surface area is 115 Å². The molecular weight excluding hydrogens is 298 g/mol. The number of rotatable bonds is 2. The monoisotopic (exact) mass is 313 g/mol. The van der Waals surface area contributed by atoms with E-state index >= 15 is 0 Å². The highest BCUT2D eigenvalue weighted by Gasteiger charge is 2.22. The number of halogens is 1. The molecule has 1 aromatic rings. The van der Waals surface area contributed by atoms with Crippen molar-refractivity contribution in [3.05, 3.63) is 35.4 Å². The van der Waals surface area contributed by atoms with E-state index in [1.165, 1.54) is 5.56 Å². The zero-order valence-electron chi connectivity index (χ0n) is 9.86. The van der Waals surface area contributed by atoms with Crippen molar-refractivity contribution >= 4 is 33.6 Å². The molecule has 1 amide bonds. The van der Waals surface area contributed by atoms with Crippen LogP contribution in [0.4, 0.5) is 0 Å². The molecule has 1 atom stereocenters. The number of amides is 1. The molecule has 1 aliphatic rings. The van der Waals surface area contributed by atoms with Crippen LogP contribution in [0, 0.1) is 0 Å². The molecule has 2 rings (SSSR count). The van der Waals surface area contributed by atoms with Gasteiger partial charge in [0.15, 0.2) is 0 Å². The Morgan fingerprint density at radius 2 is 2.18 bits per heavy atom. The highest BCUT2D eigenvalue weighted by atomic mass is 79.9. The van der Waals surface area contributed by atoms with Crippen molar-refractivity contribution < 1.29 is 4.79 Å². The third kappa shape index (κ3) is 3.26. The van der Waals surface area contributed by atoms with E-state index in [-0.39, 0.29) is 5.91 Å². The lowest BCUT2D eigenvalue weighted by atomic mass is 10.1. The van der Waals surface area contributed by atoms with Crippen LogP contribution in [-0.2, 0) is 5.33 Å². The number of thioether (sulfide) groups is 1. The molecule has 0 N–H and O–H groups in total. The highest BCUT2D eigenvalue weighted by Crippen LogP contribution is 2.19. The number of alkyl halides is 1. The third-order valence-electron chi connectivity index (χ3n) is 2.88. The van der Waals surface area contributed by atoms with Crippen LogP contribution in [0.1, 0.15) is 22.8 Å². The van der Waals surface area contributed by atoms with Gasteiger partial charge in [0.25, 0.3) is 5.91 Å². The number of nitrogens with zero attached hydrogens (tertiary/aromatic N) is 1. The van der Waals surface area contributed by atoms with E-state index in [9.17, 15) is 4.79 Å². The van der Waals surface area contributed by atoms with Crippen molar-refractivity contribution in [2.24, 2.45) is 0 Å². The topological polar surface area (TPSA) is 20.3 Å². The summed E-state index contributed by atoms with van der Waals surface area (Å²) in [5.74, 6) is 1.21. The molecular formula is C13H16BrNOS. The molecule has 1 fully saturated rings. The zero-order chi connectivity index (χ0) is 12.3. The van der Waals surface area contributed by atoms with Gasteiger partial charge in [0.2, 0.25) is 0 Å². The first-order valence-corrected chi connectivity index (χ1v) is 7.93. The number of carbonyl (C=O) groups excluding carboxylic acids is 1. The summed E-state index contributed by atoms with van der Waals surface area (Å²) in [6.07, 6.45) is 0. The van der Waals surface area contributed by atoms with E-state index in [4.69, 9.17) is 0 Å². The molecule has 0 aliphatic carbocycles. The molecule has 1 heterocycles. The molecule has 17 heavy (non-hydrogen) atoms. The smallest absolute Gasteiger partial charge is 0.253 e. The van der Waals surface area contributed by atoms with Gasteiger partial charge in [0.1, 0.15) is 0 Å². The summed E-state index contributed by atoms with van der Waals surface area (Å²) in [7, 11) is 0. The van der Waals surface area contributed by atoms with E-state index in [1.807, 2.05) is 40.9 Å². The van der Waals surface area contributed by atoms with E-state index in [0.29, 0.717) is 5.25 Å². The van der Waals surface area contributed by atoms with E-state index in [2.05, 4.69) is 22.9 Å². The fourth-order valence-corrected chi connectivity index (χ4v) is 3.31. The summed E-state index contributed by atoms with van der Waals surface area (Å²) >= 11 is 5.35. The second-order valence-electron chi connectivity index (χ2n) is 4.26. The lowest BCUT2D eigenvalue weighted by Gasteiger charge is -2.30. The average Bonchev–Trinajstić information content (AvgIpc) is 2.38. The first kappa shape index (κ1) is 13.0. The summed E-state index contributed by atoms with van der Waals surface area (Å²) in [4.78, 5) is 14.2. The van der Waals surface area contributed by atoms with Gasteiger partial charge in [-0.1, -0.05) is 35.0 Å². The maximum absolute atomic E-state index is 12.2. The quantitative estimate of drug-likeness (QED) is 0.782. The van der Waals surface area contributed by atoms with Crippen LogP contribution in [0.2, 0.25) is 0 Å². The Morgan fingerprint density at radius 3 is 2.76 bits per heavy atom. The molecule has 4 heteroatoms. The van der Waals surface area contributed by atoms with Crippen molar-refractivity contribution in [3.8, 4) is 0 Å². The van der Waals surface area contributed by atoms with E-state index in [1.54, 1.807) is 0 Å². The molecule has 0 saturated carbocycles. The first-order chi connectivity index (χ1) is 8.20. The van der Waals surface area contributed by atoms with Crippen LogP contribution in [0.25, 0.3) is 0 Å². The molecule has 0 bridgehead atoms. The molecule has 1 unspecified atom stereocenters. The SMILES string of the molecule is CC1CN(C(=O)c2ccc(CBr)cc2)CCS1. The molecule has 92 valence electrons. The Balaban J connectivity index is 2.07. The van der Waals surface area contributed by atoms with Gasteiger partial charge < -0.3 is 4.90 Å². The van der Waals surface area contributed by atoms with Gasteiger partial charge in [-0.05, 0) is 17.7 Å². The predicted molar refractivity (Wildman–Crippen MR) is 76.9 cm³/mol. The fraction of sp³-hybridized carbons (Fsp3) is 0.462. The Bertz CT molecular complexity index is 393. The summed E-state index contributed by atoms with van der Waals surface area (Å²) in [5, 5.41) is 1.38. The summed E-state index contributed by atoms with van der Waals surface area (Å²) < 4.78 is 0. The third-order valence-corrected chi connectivity index (χ3v) is 4.67. The van der Waals surface area contributed by atoms with Crippen LogP contribution >= 0.6 is 27.7 Å². The second-order valence-corrected chi connectivity index (χ2v) is 6.37. The number of hydrogen-bond donors (Lipinski definition) is 0. The maximum Gasteiger partial charge on any atom is 0.253 e. The summed E-state index contributed by atoms with van der Waals surface area (Å²) in [5.41, 5.74) is 2.00. The average molecular weight is 314 g/mol. The minimum Gasteiger partial charge on any atom is -0.337 e. The lowest BCUT2D eigenvalue weighted by Crippen LogP contribution is -2.41. The maximum atomic E-state index is 12.2. The molecule has 1 saturated heterocycles. The molecule has 0 aromatic heterocycles. The van der Waals surface area contributed by atoms with Gasteiger partial charge in [0, 0.05) is 35.0 Å². The summed E-state index contributed by atoms with van der Waals surface area (Å²) in [6, 6.07) is 7.85. The largest absolute Gasteiger partial charge is 0.337 e. The van der Waals surface area contributed by atoms with E-state index < -0.39 is 0 Å². The van der Waals surface area contributed by atoms with Crippen molar-refractivity contribution in [2.75, 3.05) is 18.8 Å². The standard InChI is InChI=1S/C13H16BrNOS/c1-10-9-15(6-7-17-10)13(16)12-4-2-11(8-14)3-5-12/h2-5,10H,6-9H2,1H3. The van der Waals surface area contributed by atoms with Crippen molar-refractivity contribution in [1.82, 2.24) is 4.90 Å². The van der Waals surface area contributed by atoms with Crippen LogP contribution in [-0.4, -0.2) is 34.9 Å². The molecule has 1 aromatic carbocycles. The van der Waals surface area contributed by atoms with Gasteiger partial charge in [0.05, 0.1) is 0 Å². The Morgan fingerprint density at radius 1 is 1.47 bits per heavy atom. The van der Waals surface area contributed by atoms with Gasteiger partial charge in [-0.2, -0.15) is 11.8 Å². The van der Waals surface area contributed by atoms with Crippen molar-refractivity contribution in [1.29, 1.82) is 0 Å². The second kappa shape index (κ2) is 5.91. The minimum atomic E-state index is 0.165. The van der Waals surface area contributed by atoms with Crippen molar-refractivity contribution in [3.63, 3.8) is 0 Å². The Hall–Kier alpha value is -0.480. The fourth-order valence-electron chi connectivity index (χ4n) is 1.92. The normalized spacial score (nSPS) is 20.4. The van der Waals surface area contributed by atoms with Gasteiger partial charge in [-0.3, -0.25) is 4.79 Å². The molecule has 0 radical (unpaired) electrons. The van der Waals surface area contributed by atoms with Crippen LogP contribution < -0.4 is 0 Å².